The summed E-state index contributed by atoms with van der Waals surface area (Å²) in [5, 5.41) is 5.52. The zero-order valence-corrected chi connectivity index (χ0v) is 10.1. The number of carbonyl (C=O) groups is 1. The molecule has 0 aliphatic heterocycles. The van der Waals surface area contributed by atoms with Crippen LogP contribution in [0.5, 0.6) is 0 Å². The second kappa shape index (κ2) is 5.22. The Bertz CT molecular complexity index is 556. The van der Waals surface area contributed by atoms with Gasteiger partial charge in [0, 0.05) is 30.7 Å². The lowest BCUT2D eigenvalue weighted by Gasteiger charge is -2.06. The van der Waals surface area contributed by atoms with Crippen LogP contribution < -0.4 is 10.6 Å². The molecule has 2 aromatic heterocycles. The Morgan fingerprint density at radius 1 is 1.22 bits per heavy atom. The van der Waals surface area contributed by atoms with Gasteiger partial charge in [0.15, 0.2) is 0 Å². The Morgan fingerprint density at radius 2 is 1.94 bits per heavy atom. The van der Waals surface area contributed by atoms with Gasteiger partial charge >= 0.3 is 0 Å². The van der Waals surface area contributed by atoms with Crippen molar-refractivity contribution in [2.24, 2.45) is 0 Å². The number of nitrogens with zero attached hydrogens (tertiary/aromatic N) is 3. The highest BCUT2D eigenvalue weighted by Gasteiger charge is 2.09. The maximum Gasteiger partial charge on any atom is 0.258 e. The lowest BCUT2D eigenvalue weighted by Crippen LogP contribution is -2.14. The van der Waals surface area contributed by atoms with Gasteiger partial charge < -0.3 is 5.32 Å². The molecule has 1 amide bonds. The molecule has 18 heavy (non-hydrogen) atoms. The van der Waals surface area contributed by atoms with Gasteiger partial charge in [-0.1, -0.05) is 0 Å². The first-order chi connectivity index (χ1) is 8.69. The predicted octanol–water partition coefficient (Wildman–Crippen LogP) is 1.47. The van der Waals surface area contributed by atoms with Gasteiger partial charge in [0.2, 0.25) is 5.95 Å². The second-order valence-electron chi connectivity index (χ2n) is 3.66. The Morgan fingerprint density at radius 3 is 2.61 bits per heavy atom. The fourth-order valence-electron chi connectivity index (χ4n) is 1.47. The van der Waals surface area contributed by atoms with Gasteiger partial charge in [-0.3, -0.25) is 10.1 Å². The maximum absolute atomic E-state index is 12.0. The van der Waals surface area contributed by atoms with Gasteiger partial charge in [-0.2, -0.15) is 0 Å². The number of nitrogens with one attached hydrogen (secondary N) is 2. The van der Waals surface area contributed by atoms with Crippen molar-refractivity contribution in [2.75, 3.05) is 17.7 Å². The lowest BCUT2D eigenvalue weighted by molar-refractivity contribution is 0.102. The highest BCUT2D eigenvalue weighted by Crippen LogP contribution is 2.11. The summed E-state index contributed by atoms with van der Waals surface area (Å²) >= 11 is 0. The average Bonchev–Trinajstić information content (AvgIpc) is 2.39. The number of pyridine rings is 1. The molecule has 6 nitrogen and oxygen atoms in total. The SMILES string of the molecule is CNc1cc(C(=O)Nc2ncccn2)cc(C)n1. The van der Waals surface area contributed by atoms with Gasteiger partial charge in [0.25, 0.3) is 5.91 Å². The summed E-state index contributed by atoms with van der Waals surface area (Å²) in [6, 6.07) is 5.07. The Labute approximate surface area is 105 Å². The number of hydrogen-bond donors (Lipinski definition) is 2. The van der Waals surface area contributed by atoms with Gasteiger partial charge in [0.1, 0.15) is 5.82 Å². The van der Waals surface area contributed by atoms with Crippen molar-refractivity contribution in [3.05, 3.63) is 41.9 Å². The molecule has 0 aliphatic carbocycles. The molecule has 0 atom stereocenters. The Hall–Kier alpha value is -2.50. The smallest absolute Gasteiger partial charge is 0.258 e. The molecule has 0 aromatic carbocycles. The van der Waals surface area contributed by atoms with Crippen LogP contribution >= 0.6 is 0 Å². The molecule has 0 saturated heterocycles. The van der Waals surface area contributed by atoms with Crippen molar-refractivity contribution in [1.82, 2.24) is 15.0 Å². The van der Waals surface area contributed by atoms with E-state index in [4.69, 9.17) is 0 Å². The molecule has 0 radical (unpaired) electrons. The summed E-state index contributed by atoms with van der Waals surface area (Å²) in [6.45, 7) is 1.83. The Balaban J connectivity index is 2.21. The van der Waals surface area contributed by atoms with Crippen LogP contribution in [0.2, 0.25) is 0 Å². The Kier molecular flexibility index (Phi) is 3.47. The molecule has 2 rings (SSSR count). The largest absolute Gasteiger partial charge is 0.373 e. The predicted molar refractivity (Wildman–Crippen MR) is 68.5 cm³/mol. The van der Waals surface area contributed by atoms with E-state index in [0.29, 0.717) is 11.4 Å². The first kappa shape index (κ1) is 12.0. The number of hydrogen-bond acceptors (Lipinski definition) is 5. The van der Waals surface area contributed by atoms with E-state index in [1.807, 2.05) is 6.92 Å². The minimum Gasteiger partial charge on any atom is -0.373 e. The second-order valence-corrected chi connectivity index (χ2v) is 3.66. The number of anilines is 2. The highest BCUT2D eigenvalue weighted by molar-refractivity contribution is 6.03. The number of rotatable bonds is 3. The van der Waals surface area contributed by atoms with Crippen molar-refractivity contribution < 1.29 is 4.79 Å². The van der Waals surface area contributed by atoms with Crippen LogP contribution in [0, 0.1) is 6.92 Å². The summed E-state index contributed by atoms with van der Waals surface area (Å²) in [5.41, 5.74) is 1.28. The minimum atomic E-state index is -0.261. The molecule has 0 bridgehead atoms. The molecular weight excluding hydrogens is 230 g/mol. The first-order valence-corrected chi connectivity index (χ1v) is 5.44. The fraction of sp³-hybridized carbons (Fsp3) is 0.167. The summed E-state index contributed by atoms with van der Waals surface area (Å²) in [7, 11) is 1.75. The third-order valence-corrected chi connectivity index (χ3v) is 2.26. The number of aromatic nitrogens is 3. The maximum atomic E-state index is 12.0. The van der Waals surface area contributed by atoms with E-state index in [-0.39, 0.29) is 11.9 Å². The topological polar surface area (TPSA) is 79.8 Å². The summed E-state index contributed by atoms with van der Waals surface area (Å²) in [6.07, 6.45) is 3.14. The highest BCUT2D eigenvalue weighted by atomic mass is 16.1. The first-order valence-electron chi connectivity index (χ1n) is 5.44. The van der Waals surface area contributed by atoms with E-state index in [9.17, 15) is 4.79 Å². The van der Waals surface area contributed by atoms with E-state index in [0.717, 1.165) is 5.69 Å². The van der Waals surface area contributed by atoms with Crippen LogP contribution in [0.15, 0.2) is 30.6 Å². The molecule has 0 unspecified atom stereocenters. The molecule has 2 aromatic rings. The van der Waals surface area contributed by atoms with E-state index in [2.05, 4.69) is 25.6 Å². The van der Waals surface area contributed by atoms with Gasteiger partial charge in [0.05, 0.1) is 0 Å². The van der Waals surface area contributed by atoms with Crippen LogP contribution in [0.3, 0.4) is 0 Å². The monoisotopic (exact) mass is 243 g/mol. The van der Waals surface area contributed by atoms with Gasteiger partial charge in [-0.15, -0.1) is 0 Å². The van der Waals surface area contributed by atoms with Crippen LogP contribution in [0.1, 0.15) is 16.1 Å². The molecule has 2 heterocycles. The average molecular weight is 243 g/mol. The van der Waals surface area contributed by atoms with E-state index < -0.39 is 0 Å². The zero-order valence-electron chi connectivity index (χ0n) is 10.1. The third-order valence-electron chi connectivity index (χ3n) is 2.26. The molecule has 0 spiro atoms. The van der Waals surface area contributed by atoms with Crippen molar-refractivity contribution in [2.45, 2.75) is 6.92 Å². The molecule has 2 N–H and O–H groups in total. The van der Waals surface area contributed by atoms with E-state index in [1.165, 1.54) is 0 Å². The molecule has 92 valence electrons. The molecule has 0 saturated carbocycles. The van der Waals surface area contributed by atoms with Crippen molar-refractivity contribution in [1.29, 1.82) is 0 Å². The standard InChI is InChI=1S/C12H13N5O/c1-8-6-9(7-10(13-2)16-8)11(18)17-12-14-4-3-5-15-12/h3-7H,1-2H3,(H,13,16)(H,14,15,17,18). The molecule has 0 aliphatic rings. The molecular formula is C12H13N5O. The zero-order chi connectivity index (χ0) is 13.0. The van der Waals surface area contributed by atoms with Crippen LogP contribution in [0.25, 0.3) is 0 Å². The summed E-state index contributed by atoms with van der Waals surface area (Å²) in [5.74, 6) is 0.667. The fourth-order valence-corrected chi connectivity index (χ4v) is 1.47. The molecule has 6 heteroatoms. The lowest BCUT2D eigenvalue weighted by atomic mass is 10.2. The van der Waals surface area contributed by atoms with Gasteiger partial charge in [-0.25, -0.2) is 15.0 Å². The van der Waals surface area contributed by atoms with E-state index >= 15 is 0 Å². The van der Waals surface area contributed by atoms with Gasteiger partial charge in [-0.05, 0) is 25.1 Å². The minimum absolute atomic E-state index is 0.261. The number of aryl methyl sites for hydroxylation is 1. The summed E-state index contributed by atoms with van der Waals surface area (Å²) in [4.78, 5) is 24.1. The van der Waals surface area contributed by atoms with Crippen LogP contribution in [0.4, 0.5) is 11.8 Å². The number of carbonyl (C=O) groups excluding carboxylic acids is 1. The van der Waals surface area contributed by atoms with Crippen molar-refractivity contribution >= 4 is 17.7 Å². The van der Waals surface area contributed by atoms with E-state index in [1.54, 1.807) is 37.6 Å². The molecule has 0 fully saturated rings. The quantitative estimate of drug-likeness (QED) is 0.853. The third kappa shape index (κ3) is 2.79. The van der Waals surface area contributed by atoms with Crippen LogP contribution in [-0.4, -0.2) is 27.9 Å². The van der Waals surface area contributed by atoms with Crippen LogP contribution in [-0.2, 0) is 0 Å². The normalized spacial score (nSPS) is 9.89. The van der Waals surface area contributed by atoms with Crippen molar-refractivity contribution in [3.8, 4) is 0 Å². The van der Waals surface area contributed by atoms with Crippen molar-refractivity contribution in [3.63, 3.8) is 0 Å². The number of amides is 1. The summed E-state index contributed by atoms with van der Waals surface area (Å²) < 4.78 is 0.